The highest BCUT2D eigenvalue weighted by Crippen LogP contribution is 2.37. The Bertz CT molecular complexity index is 413. The van der Waals surface area contributed by atoms with E-state index in [-0.39, 0.29) is 0 Å². The minimum Gasteiger partial charge on any atom is -0.480 e. The lowest BCUT2D eigenvalue weighted by Crippen LogP contribution is -2.36. The molecule has 1 aromatic rings. The van der Waals surface area contributed by atoms with Crippen LogP contribution in [0.15, 0.2) is 10.5 Å². The van der Waals surface area contributed by atoms with Crippen LogP contribution in [-0.4, -0.2) is 42.2 Å². The molecule has 0 saturated carbocycles. The van der Waals surface area contributed by atoms with Gasteiger partial charge in [-0.1, -0.05) is 11.6 Å². The van der Waals surface area contributed by atoms with Crippen LogP contribution in [0.25, 0.3) is 0 Å². The quantitative estimate of drug-likeness (QED) is 0.877. The Balaban J connectivity index is 2.24. The predicted molar refractivity (Wildman–Crippen MR) is 76.5 cm³/mol. The van der Waals surface area contributed by atoms with Crippen molar-refractivity contribution >= 4 is 44.8 Å². The number of halogens is 2. The summed E-state index contributed by atoms with van der Waals surface area (Å²) < 4.78 is 1.37. The van der Waals surface area contributed by atoms with Crippen molar-refractivity contribution in [3.8, 4) is 0 Å². The van der Waals surface area contributed by atoms with E-state index in [4.69, 9.17) is 11.6 Å². The molecule has 1 unspecified atom stereocenters. The summed E-state index contributed by atoms with van der Waals surface area (Å²) in [5, 5.41) is 12.7. The fourth-order valence-electron chi connectivity index (χ4n) is 2.08. The van der Waals surface area contributed by atoms with Gasteiger partial charge in [0.05, 0.1) is 0 Å². The Morgan fingerprint density at radius 1 is 1.56 bits per heavy atom. The fraction of sp³-hybridized carbons (Fsp3) is 0.545. The van der Waals surface area contributed by atoms with Crippen LogP contribution in [0.4, 0.5) is 0 Å². The second-order valence-electron chi connectivity index (χ2n) is 4.15. The highest BCUT2D eigenvalue weighted by molar-refractivity contribution is 9.10. The first-order chi connectivity index (χ1) is 8.59. The zero-order chi connectivity index (χ0) is 13.1. The van der Waals surface area contributed by atoms with Crippen LogP contribution >= 0.6 is 38.9 Å². The Morgan fingerprint density at radius 3 is 2.94 bits per heavy atom. The van der Waals surface area contributed by atoms with E-state index in [1.165, 1.54) is 11.3 Å². The molecule has 0 amide bonds. The smallest absolute Gasteiger partial charge is 0.326 e. The molecule has 4 nitrogen and oxygen atoms in total. The van der Waals surface area contributed by atoms with Gasteiger partial charge in [0.1, 0.15) is 10.4 Å². The molecule has 1 fully saturated rings. The molecule has 2 heterocycles. The minimum absolute atomic E-state index is 0.598. The number of nitrogens with one attached hydrogen (secondary N) is 1. The van der Waals surface area contributed by atoms with Crippen LogP contribution in [0.5, 0.6) is 0 Å². The summed E-state index contributed by atoms with van der Waals surface area (Å²) in [5.74, 6) is -0.817. The van der Waals surface area contributed by atoms with Gasteiger partial charge in [0.2, 0.25) is 0 Å². The summed E-state index contributed by atoms with van der Waals surface area (Å²) in [5.41, 5.74) is 0. The molecule has 18 heavy (non-hydrogen) atoms. The van der Waals surface area contributed by atoms with Crippen LogP contribution in [0.2, 0.25) is 4.34 Å². The van der Waals surface area contributed by atoms with Crippen molar-refractivity contribution in [2.75, 3.05) is 26.2 Å². The Labute approximate surface area is 123 Å². The molecule has 1 aliphatic rings. The lowest BCUT2D eigenvalue weighted by Gasteiger charge is -2.26. The van der Waals surface area contributed by atoms with Gasteiger partial charge in [-0.05, 0) is 35.0 Å². The van der Waals surface area contributed by atoms with Crippen molar-refractivity contribution in [2.45, 2.75) is 12.5 Å². The van der Waals surface area contributed by atoms with Gasteiger partial charge in [-0.2, -0.15) is 0 Å². The van der Waals surface area contributed by atoms with Gasteiger partial charge in [0.15, 0.2) is 0 Å². The van der Waals surface area contributed by atoms with Crippen molar-refractivity contribution < 1.29 is 9.90 Å². The van der Waals surface area contributed by atoms with Gasteiger partial charge in [-0.3, -0.25) is 9.69 Å². The van der Waals surface area contributed by atoms with E-state index in [9.17, 15) is 9.90 Å². The van der Waals surface area contributed by atoms with Crippen molar-refractivity contribution in [3.63, 3.8) is 0 Å². The predicted octanol–water partition coefficient (Wildman–Crippen LogP) is 2.59. The van der Waals surface area contributed by atoms with E-state index in [0.29, 0.717) is 4.34 Å². The molecular weight excluding hydrogens is 340 g/mol. The molecule has 0 bridgehead atoms. The van der Waals surface area contributed by atoms with Crippen LogP contribution in [-0.2, 0) is 4.79 Å². The molecule has 2 rings (SSSR count). The number of thiophene rings is 1. The van der Waals surface area contributed by atoms with Gasteiger partial charge in [0.25, 0.3) is 0 Å². The van der Waals surface area contributed by atoms with Crippen LogP contribution in [0, 0.1) is 0 Å². The third-order valence-corrected chi connectivity index (χ3v) is 5.43. The summed E-state index contributed by atoms with van der Waals surface area (Å²) in [6.45, 7) is 3.29. The Kier molecular flexibility index (Phi) is 5.03. The second kappa shape index (κ2) is 6.34. The van der Waals surface area contributed by atoms with Crippen molar-refractivity contribution in [2.24, 2.45) is 0 Å². The first-order valence-corrected chi connectivity index (χ1v) is 7.70. The van der Waals surface area contributed by atoms with Crippen molar-refractivity contribution in [1.29, 1.82) is 0 Å². The van der Waals surface area contributed by atoms with Gasteiger partial charge in [-0.25, -0.2) is 0 Å². The Morgan fingerprint density at radius 2 is 2.33 bits per heavy atom. The van der Waals surface area contributed by atoms with E-state index in [1.807, 2.05) is 11.0 Å². The first-order valence-electron chi connectivity index (χ1n) is 5.72. The van der Waals surface area contributed by atoms with Gasteiger partial charge >= 0.3 is 5.97 Å². The number of nitrogens with zero attached hydrogens (tertiary/aromatic N) is 1. The maximum absolute atomic E-state index is 11.5. The number of hydrogen-bond donors (Lipinski definition) is 2. The number of carboxylic acids is 1. The second-order valence-corrected chi connectivity index (χ2v) is 6.69. The highest BCUT2D eigenvalue weighted by atomic mass is 79.9. The monoisotopic (exact) mass is 352 g/mol. The summed E-state index contributed by atoms with van der Waals surface area (Å²) >= 11 is 10.7. The molecule has 1 aromatic heterocycles. The van der Waals surface area contributed by atoms with Gasteiger partial charge in [0, 0.05) is 29.0 Å². The number of carbonyl (C=O) groups is 1. The summed E-state index contributed by atoms with van der Waals surface area (Å²) in [4.78, 5) is 14.3. The molecule has 0 radical (unpaired) electrons. The third kappa shape index (κ3) is 3.24. The third-order valence-electron chi connectivity index (χ3n) is 2.91. The Hall–Kier alpha value is -0.140. The van der Waals surface area contributed by atoms with Crippen LogP contribution in [0.3, 0.4) is 0 Å². The number of aliphatic carboxylic acids is 1. The first kappa shape index (κ1) is 14.3. The number of rotatable bonds is 3. The topological polar surface area (TPSA) is 52.6 Å². The largest absolute Gasteiger partial charge is 0.480 e. The van der Waals surface area contributed by atoms with Gasteiger partial charge < -0.3 is 10.4 Å². The van der Waals surface area contributed by atoms with E-state index >= 15 is 0 Å². The minimum atomic E-state index is -0.817. The number of carboxylic acid groups (broad SMARTS) is 1. The lowest BCUT2D eigenvalue weighted by molar-refractivity contribution is -0.143. The average molecular weight is 354 g/mol. The molecule has 7 heteroatoms. The van der Waals surface area contributed by atoms with Gasteiger partial charge in [-0.15, -0.1) is 11.3 Å². The SMILES string of the molecule is O=C(O)C(c1cc(Br)c(Cl)s1)N1CCCNCC1. The maximum Gasteiger partial charge on any atom is 0.326 e. The maximum atomic E-state index is 11.5. The highest BCUT2D eigenvalue weighted by Gasteiger charge is 2.29. The molecule has 0 aliphatic carbocycles. The summed E-state index contributed by atoms with van der Waals surface area (Å²) in [7, 11) is 0. The lowest BCUT2D eigenvalue weighted by atomic mass is 10.2. The molecule has 1 atom stereocenters. The average Bonchev–Trinajstić information content (AvgIpc) is 2.55. The molecule has 0 aromatic carbocycles. The molecule has 100 valence electrons. The molecule has 1 aliphatic heterocycles. The molecular formula is C11H14BrClN2O2S. The van der Waals surface area contributed by atoms with E-state index in [1.54, 1.807) is 0 Å². The zero-order valence-corrected chi connectivity index (χ0v) is 12.8. The standard InChI is InChI=1S/C11H14BrClN2O2S/c12-7-6-8(18-10(7)13)9(11(16)17)15-4-1-2-14-3-5-15/h6,9,14H,1-5H2,(H,16,17). The van der Waals surface area contributed by atoms with Crippen molar-refractivity contribution in [1.82, 2.24) is 10.2 Å². The zero-order valence-electron chi connectivity index (χ0n) is 9.66. The van der Waals surface area contributed by atoms with Crippen LogP contribution in [0.1, 0.15) is 17.3 Å². The van der Waals surface area contributed by atoms with Crippen LogP contribution < -0.4 is 5.32 Å². The number of hydrogen-bond acceptors (Lipinski definition) is 4. The summed E-state index contributed by atoms with van der Waals surface area (Å²) in [6.07, 6.45) is 0.962. The fourth-order valence-corrected chi connectivity index (χ4v) is 3.95. The van der Waals surface area contributed by atoms with E-state index in [0.717, 1.165) is 41.9 Å². The molecule has 0 spiro atoms. The summed E-state index contributed by atoms with van der Waals surface area (Å²) in [6, 6.07) is 1.21. The molecule has 2 N–H and O–H groups in total. The van der Waals surface area contributed by atoms with Crippen molar-refractivity contribution in [3.05, 3.63) is 19.8 Å². The van der Waals surface area contributed by atoms with E-state index < -0.39 is 12.0 Å². The molecule has 1 saturated heterocycles. The van der Waals surface area contributed by atoms with E-state index in [2.05, 4.69) is 21.2 Å². The normalized spacial score (nSPS) is 19.4.